The van der Waals surface area contributed by atoms with Gasteiger partial charge >= 0.3 is 11.9 Å². The standard InChI is InChI=1S/C24H33ClO7S/c25-19-11-12-20(33-32-31-28)22(24(27)30-16-14-18-9-5-2-6-10-18)21(19)23(26)29-15-13-17-7-3-1-4-8-17/h11-12,17-18,28H,1-10,13-16H2/p-1. The van der Waals surface area contributed by atoms with E-state index in [4.69, 9.17) is 21.1 Å². The van der Waals surface area contributed by atoms with Crippen molar-refractivity contribution in [2.24, 2.45) is 11.8 Å². The molecule has 0 unspecified atom stereocenters. The van der Waals surface area contributed by atoms with Crippen molar-refractivity contribution >= 4 is 35.6 Å². The van der Waals surface area contributed by atoms with Crippen molar-refractivity contribution in [1.82, 2.24) is 0 Å². The van der Waals surface area contributed by atoms with Crippen LogP contribution in [-0.2, 0) is 18.8 Å². The fourth-order valence-corrected chi connectivity index (χ4v) is 5.54. The van der Waals surface area contributed by atoms with Crippen LogP contribution in [0.4, 0.5) is 0 Å². The van der Waals surface area contributed by atoms with Gasteiger partial charge in [-0.15, -0.1) is 0 Å². The first-order valence-corrected chi connectivity index (χ1v) is 13.0. The highest BCUT2D eigenvalue weighted by Crippen LogP contribution is 2.33. The second-order valence-electron chi connectivity index (χ2n) is 8.87. The van der Waals surface area contributed by atoms with E-state index in [9.17, 15) is 14.8 Å². The average molecular weight is 500 g/mol. The molecule has 3 rings (SSSR count). The van der Waals surface area contributed by atoms with Crippen LogP contribution in [0.5, 0.6) is 0 Å². The maximum Gasteiger partial charge on any atom is 0.340 e. The number of carbonyl (C=O) groups excluding carboxylic acids is 2. The van der Waals surface area contributed by atoms with Gasteiger partial charge < -0.3 is 14.7 Å². The fourth-order valence-electron chi connectivity index (χ4n) is 4.81. The van der Waals surface area contributed by atoms with Crippen molar-refractivity contribution in [2.45, 2.75) is 81.9 Å². The van der Waals surface area contributed by atoms with E-state index in [2.05, 4.69) is 9.37 Å². The maximum atomic E-state index is 13.0. The summed E-state index contributed by atoms with van der Waals surface area (Å²) >= 11 is 6.83. The van der Waals surface area contributed by atoms with Crippen LogP contribution in [0.2, 0.25) is 5.02 Å². The maximum absolute atomic E-state index is 13.0. The quantitative estimate of drug-likeness (QED) is 0.162. The van der Waals surface area contributed by atoms with Gasteiger partial charge in [0.25, 0.3) is 0 Å². The Morgan fingerprint density at radius 1 is 0.848 bits per heavy atom. The van der Waals surface area contributed by atoms with Crippen LogP contribution in [0, 0.1) is 11.8 Å². The monoisotopic (exact) mass is 499 g/mol. The third-order valence-corrected chi connectivity index (χ3v) is 7.60. The summed E-state index contributed by atoms with van der Waals surface area (Å²) in [4.78, 5) is 26.1. The molecule has 184 valence electrons. The van der Waals surface area contributed by atoms with E-state index in [1.807, 2.05) is 0 Å². The first-order valence-electron chi connectivity index (χ1n) is 11.9. The summed E-state index contributed by atoms with van der Waals surface area (Å²) < 4.78 is 15.4. The summed E-state index contributed by atoms with van der Waals surface area (Å²) in [5, 5.41) is 13.8. The number of esters is 2. The Labute approximate surface area is 204 Å². The number of hydrogen-bond acceptors (Lipinski definition) is 8. The molecule has 33 heavy (non-hydrogen) atoms. The van der Waals surface area contributed by atoms with E-state index in [0.29, 0.717) is 23.9 Å². The van der Waals surface area contributed by atoms with Gasteiger partial charge in [0.1, 0.15) is 0 Å². The molecule has 7 nitrogen and oxygen atoms in total. The number of halogens is 1. The summed E-state index contributed by atoms with van der Waals surface area (Å²) in [6.45, 7) is 0.503. The third-order valence-electron chi connectivity index (χ3n) is 6.64. The zero-order valence-corrected chi connectivity index (χ0v) is 20.4. The van der Waals surface area contributed by atoms with Crippen LogP contribution in [0.15, 0.2) is 17.0 Å². The predicted octanol–water partition coefficient (Wildman–Crippen LogP) is 5.83. The van der Waals surface area contributed by atoms with Crippen molar-refractivity contribution in [3.8, 4) is 0 Å². The van der Waals surface area contributed by atoms with Crippen molar-refractivity contribution in [3.63, 3.8) is 0 Å². The number of ether oxygens (including phenoxy) is 2. The molecule has 1 aromatic carbocycles. The van der Waals surface area contributed by atoms with Crippen LogP contribution in [-0.4, -0.2) is 25.2 Å². The Kier molecular flexibility index (Phi) is 11.3. The van der Waals surface area contributed by atoms with Crippen LogP contribution in [0.1, 0.15) is 97.8 Å². The van der Waals surface area contributed by atoms with Gasteiger partial charge in [-0.05, 0) is 36.8 Å². The smallest absolute Gasteiger partial charge is 0.340 e. The molecule has 0 N–H and O–H groups in total. The van der Waals surface area contributed by atoms with Gasteiger partial charge in [-0.2, -0.15) is 4.33 Å². The molecule has 0 radical (unpaired) electrons. The average Bonchev–Trinajstić information content (AvgIpc) is 2.84. The zero-order valence-electron chi connectivity index (χ0n) is 18.9. The van der Waals surface area contributed by atoms with E-state index in [1.54, 1.807) is 0 Å². The molecule has 0 atom stereocenters. The lowest BCUT2D eigenvalue weighted by Gasteiger charge is -2.22. The second-order valence-corrected chi connectivity index (χ2v) is 10.0. The van der Waals surface area contributed by atoms with E-state index in [0.717, 1.165) is 38.5 Å². The Morgan fingerprint density at radius 3 is 1.88 bits per heavy atom. The molecule has 2 aliphatic rings. The lowest BCUT2D eigenvalue weighted by Crippen LogP contribution is -2.19. The Balaban J connectivity index is 1.67. The molecule has 0 bridgehead atoms. The molecule has 0 heterocycles. The molecule has 0 amide bonds. The van der Waals surface area contributed by atoms with Gasteiger partial charge in [-0.1, -0.05) is 75.8 Å². The minimum Gasteiger partial charge on any atom is -0.691 e. The molecule has 9 heteroatoms. The molecule has 0 spiro atoms. The van der Waals surface area contributed by atoms with E-state index >= 15 is 0 Å². The highest BCUT2D eigenvalue weighted by atomic mass is 35.5. The first-order chi connectivity index (χ1) is 16.1. The number of benzene rings is 1. The molecule has 1 aromatic rings. The number of carbonyl (C=O) groups is 2. The van der Waals surface area contributed by atoms with Gasteiger partial charge in [-0.25, -0.2) is 9.59 Å². The normalized spacial score (nSPS) is 17.6. The summed E-state index contributed by atoms with van der Waals surface area (Å²) in [5.74, 6) is -0.304. The highest BCUT2D eigenvalue weighted by molar-refractivity contribution is 7.94. The molecule has 0 saturated heterocycles. The fraction of sp³-hybridized carbons (Fsp3) is 0.667. The van der Waals surface area contributed by atoms with Crippen LogP contribution < -0.4 is 5.26 Å². The van der Waals surface area contributed by atoms with Crippen molar-refractivity contribution < 1.29 is 33.7 Å². The molecular formula is C24H32ClO7S-. The largest absolute Gasteiger partial charge is 0.691 e. The Bertz CT molecular complexity index is 776. The molecule has 2 aliphatic carbocycles. The summed E-state index contributed by atoms with van der Waals surface area (Å²) in [6.07, 6.45) is 13.5. The van der Waals surface area contributed by atoms with Gasteiger partial charge in [0.2, 0.25) is 0 Å². The number of rotatable bonds is 11. The second kappa shape index (κ2) is 14.2. The third kappa shape index (κ3) is 8.14. The topological polar surface area (TPSA) is 94.1 Å². The van der Waals surface area contributed by atoms with E-state index in [-0.39, 0.29) is 34.3 Å². The lowest BCUT2D eigenvalue weighted by molar-refractivity contribution is -0.777. The van der Waals surface area contributed by atoms with Gasteiger partial charge in [0.15, 0.2) is 0 Å². The summed E-state index contributed by atoms with van der Waals surface area (Å²) in [5.41, 5.74) is -0.154. The first kappa shape index (κ1) is 26.3. The molecule has 0 aliphatic heterocycles. The molecular weight excluding hydrogens is 468 g/mol. The van der Waals surface area contributed by atoms with Crippen LogP contribution in [0.3, 0.4) is 0 Å². The molecule has 0 aromatic heterocycles. The minimum absolute atomic E-state index is 0.0733. The van der Waals surface area contributed by atoms with E-state index < -0.39 is 11.9 Å². The highest BCUT2D eigenvalue weighted by Gasteiger charge is 2.28. The molecule has 2 fully saturated rings. The molecule has 2 saturated carbocycles. The summed E-state index contributed by atoms with van der Waals surface area (Å²) in [7, 11) is 0. The van der Waals surface area contributed by atoms with Crippen molar-refractivity contribution in [1.29, 1.82) is 0 Å². The van der Waals surface area contributed by atoms with Gasteiger partial charge in [0.05, 0.1) is 46.3 Å². The SMILES string of the molecule is O=C(OCCC1CCCCC1)c1c(Cl)ccc(SOO[O-])c1C(=O)OCCC1CCCCC1. The Morgan fingerprint density at radius 2 is 1.36 bits per heavy atom. The summed E-state index contributed by atoms with van der Waals surface area (Å²) in [6, 6.07) is 2.93. The lowest BCUT2D eigenvalue weighted by atomic mass is 9.87. The van der Waals surface area contributed by atoms with Crippen LogP contribution >= 0.6 is 23.6 Å². The van der Waals surface area contributed by atoms with Crippen molar-refractivity contribution in [3.05, 3.63) is 28.3 Å². The van der Waals surface area contributed by atoms with Crippen molar-refractivity contribution in [2.75, 3.05) is 13.2 Å². The minimum atomic E-state index is -0.704. The van der Waals surface area contributed by atoms with Gasteiger partial charge in [0, 0.05) is 0 Å². The zero-order chi connectivity index (χ0) is 23.5. The van der Waals surface area contributed by atoms with Crippen LogP contribution in [0.25, 0.3) is 0 Å². The van der Waals surface area contributed by atoms with E-state index in [1.165, 1.54) is 50.7 Å². The Hall–Kier alpha value is -1.32. The van der Waals surface area contributed by atoms with Gasteiger partial charge in [-0.3, -0.25) is 5.04 Å². The number of hydrogen-bond donors (Lipinski definition) is 0. The predicted molar refractivity (Wildman–Crippen MR) is 122 cm³/mol.